The summed E-state index contributed by atoms with van der Waals surface area (Å²) in [5, 5.41) is 4.25. The van der Waals surface area contributed by atoms with Gasteiger partial charge >= 0.3 is 0 Å². The van der Waals surface area contributed by atoms with E-state index in [-0.39, 0.29) is 11.5 Å². The number of carbonyl (C=O) groups is 1. The summed E-state index contributed by atoms with van der Waals surface area (Å²) in [6.45, 7) is 9.45. The van der Waals surface area contributed by atoms with Gasteiger partial charge in [-0.05, 0) is 44.4 Å². The molecule has 2 bridgehead atoms. The van der Waals surface area contributed by atoms with Gasteiger partial charge in [-0.25, -0.2) is 0 Å². The van der Waals surface area contributed by atoms with Crippen LogP contribution in [0.15, 0.2) is 22.6 Å². The number of aryl methyl sites for hydroxylation is 2. The molecule has 1 aromatic carbocycles. The Bertz CT molecular complexity index is 904. The molecule has 4 heterocycles. The van der Waals surface area contributed by atoms with Crippen LogP contribution < -0.4 is 5.32 Å². The minimum Gasteiger partial charge on any atom is -0.459 e. The maximum atomic E-state index is 11.4. The molecule has 1 spiro atoms. The van der Waals surface area contributed by atoms with Crippen LogP contribution in [-0.2, 0) is 16.1 Å². The lowest BCUT2D eigenvalue weighted by Crippen LogP contribution is -2.41. The van der Waals surface area contributed by atoms with Crippen molar-refractivity contribution in [2.24, 2.45) is 11.8 Å². The first-order valence-corrected chi connectivity index (χ1v) is 10.1. The topological polar surface area (TPSA) is 54.7 Å². The predicted molar refractivity (Wildman–Crippen MR) is 103 cm³/mol. The molecule has 1 aromatic heterocycles. The quantitative estimate of drug-likeness (QED) is 0.901. The molecule has 1 N–H and O–H groups in total. The predicted octanol–water partition coefficient (Wildman–Crippen LogP) is 3.17. The van der Waals surface area contributed by atoms with Crippen molar-refractivity contribution in [2.75, 3.05) is 19.6 Å². The maximum Gasteiger partial charge on any atom is 0.216 e. The van der Waals surface area contributed by atoms with Crippen LogP contribution in [-0.4, -0.2) is 42.1 Å². The van der Waals surface area contributed by atoms with Crippen molar-refractivity contribution in [3.05, 3.63) is 35.1 Å². The summed E-state index contributed by atoms with van der Waals surface area (Å²) in [6, 6.07) is 6.39. The summed E-state index contributed by atoms with van der Waals surface area (Å²) in [4.78, 5) is 13.9. The third kappa shape index (κ3) is 2.71. The Morgan fingerprint density at radius 2 is 2.22 bits per heavy atom. The third-order valence-corrected chi connectivity index (χ3v) is 7.00. The average molecular weight is 368 g/mol. The number of hydrogen-bond donors (Lipinski definition) is 1. The van der Waals surface area contributed by atoms with Gasteiger partial charge in [0.25, 0.3) is 0 Å². The van der Waals surface area contributed by atoms with E-state index >= 15 is 0 Å². The van der Waals surface area contributed by atoms with Crippen molar-refractivity contribution in [1.29, 1.82) is 0 Å². The summed E-state index contributed by atoms with van der Waals surface area (Å²) in [5.74, 6) is 2.07. The Morgan fingerprint density at radius 1 is 1.37 bits per heavy atom. The first-order chi connectivity index (χ1) is 12.9. The average Bonchev–Trinajstić information content (AvgIpc) is 3.33. The van der Waals surface area contributed by atoms with Crippen molar-refractivity contribution in [1.82, 2.24) is 10.2 Å². The molecule has 5 heteroatoms. The molecule has 0 aliphatic carbocycles. The number of furan rings is 1. The summed E-state index contributed by atoms with van der Waals surface area (Å²) >= 11 is 0. The smallest absolute Gasteiger partial charge is 0.216 e. The highest BCUT2D eigenvalue weighted by atomic mass is 16.5. The van der Waals surface area contributed by atoms with Crippen molar-refractivity contribution < 1.29 is 13.9 Å². The number of nitrogens with one attached hydrogen (secondary N) is 1. The van der Waals surface area contributed by atoms with E-state index in [4.69, 9.17) is 9.15 Å². The molecule has 5 nitrogen and oxygen atoms in total. The Kier molecular flexibility index (Phi) is 3.89. The van der Waals surface area contributed by atoms with Crippen LogP contribution in [0.25, 0.3) is 11.0 Å². The van der Waals surface area contributed by atoms with Crippen LogP contribution in [0.4, 0.5) is 0 Å². The van der Waals surface area contributed by atoms with Gasteiger partial charge in [0.05, 0.1) is 18.2 Å². The van der Waals surface area contributed by atoms with Crippen molar-refractivity contribution in [2.45, 2.75) is 51.9 Å². The molecule has 3 saturated heterocycles. The monoisotopic (exact) mass is 368 g/mol. The molecule has 3 aliphatic heterocycles. The molecule has 0 unspecified atom stereocenters. The van der Waals surface area contributed by atoms with Crippen molar-refractivity contribution in [3.8, 4) is 0 Å². The lowest BCUT2D eigenvalue weighted by molar-refractivity contribution is -0.119. The largest absolute Gasteiger partial charge is 0.459 e. The molecule has 3 fully saturated rings. The first kappa shape index (κ1) is 17.3. The minimum absolute atomic E-state index is 0.00961. The van der Waals surface area contributed by atoms with Crippen LogP contribution >= 0.6 is 0 Å². The molecule has 1 amide bonds. The molecule has 27 heavy (non-hydrogen) atoms. The summed E-state index contributed by atoms with van der Waals surface area (Å²) in [7, 11) is 0. The number of fused-ring (bicyclic) bond motifs is 2. The van der Waals surface area contributed by atoms with Gasteiger partial charge in [-0.1, -0.05) is 11.6 Å². The zero-order valence-corrected chi connectivity index (χ0v) is 16.4. The van der Waals surface area contributed by atoms with Crippen molar-refractivity contribution >= 4 is 16.9 Å². The number of rotatable bonds is 4. The van der Waals surface area contributed by atoms with Gasteiger partial charge in [0.2, 0.25) is 5.91 Å². The van der Waals surface area contributed by atoms with E-state index in [0.29, 0.717) is 17.9 Å². The Labute approximate surface area is 160 Å². The molecule has 5 rings (SSSR count). The van der Waals surface area contributed by atoms with Gasteiger partial charge in [-0.3, -0.25) is 9.69 Å². The fourth-order valence-electron chi connectivity index (χ4n) is 5.68. The summed E-state index contributed by atoms with van der Waals surface area (Å²) in [5.41, 5.74) is 3.48. The maximum absolute atomic E-state index is 11.4. The number of hydrogen-bond acceptors (Lipinski definition) is 4. The standard InChI is InChI=1S/C22H28N2O3/c1-13-4-5-19-16(8-13)14(2)21(26-19)11-24-10-18-17(9-23-15(3)25)20-6-7-22(18,12-24)27-20/h4-5,8,17-18,20H,6-7,9-12H2,1-3H3,(H,23,25)/t17-,18+,20+,22+/m0/s1. The van der Waals surface area contributed by atoms with E-state index in [1.54, 1.807) is 6.92 Å². The SMILES string of the molecule is CC(=O)NC[C@H]1[C@H]2CN(Cc3oc4ccc(C)cc4c3C)C[C@]23CC[C@H]1O3. The number of likely N-dealkylation sites (tertiary alicyclic amines) is 1. The van der Waals surface area contributed by atoms with Crippen LogP contribution in [0.5, 0.6) is 0 Å². The molecule has 144 valence electrons. The van der Waals surface area contributed by atoms with E-state index in [2.05, 4.69) is 42.3 Å². The Balaban J connectivity index is 1.35. The van der Waals surface area contributed by atoms with E-state index in [9.17, 15) is 4.79 Å². The number of benzene rings is 1. The third-order valence-electron chi connectivity index (χ3n) is 7.00. The number of nitrogens with zero attached hydrogens (tertiary/aromatic N) is 1. The summed E-state index contributed by atoms with van der Waals surface area (Å²) < 4.78 is 12.7. The van der Waals surface area contributed by atoms with Crippen LogP contribution in [0, 0.1) is 25.7 Å². The van der Waals surface area contributed by atoms with E-state index in [1.807, 2.05) is 0 Å². The van der Waals surface area contributed by atoms with Gasteiger partial charge in [0.15, 0.2) is 0 Å². The normalized spacial score (nSPS) is 32.3. The fraction of sp³-hybridized carbons (Fsp3) is 0.591. The zero-order chi connectivity index (χ0) is 18.8. The Hall–Kier alpha value is -1.85. The van der Waals surface area contributed by atoms with E-state index < -0.39 is 0 Å². The molecular formula is C22H28N2O3. The molecule has 0 saturated carbocycles. The van der Waals surface area contributed by atoms with Gasteiger partial charge in [0.1, 0.15) is 11.3 Å². The van der Waals surface area contributed by atoms with Gasteiger partial charge < -0.3 is 14.5 Å². The number of ether oxygens (including phenoxy) is 1. The zero-order valence-electron chi connectivity index (χ0n) is 16.4. The number of carbonyl (C=O) groups excluding carboxylic acids is 1. The van der Waals surface area contributed by atoms with Crippen LogP contribution in [0.2, 0.25) is 0 Å². The second-order valence-electron chi connectivity index (χ2n) is 8.79. The van der Waals surface area contributed by atoms with Gasteiger partial charge in [-0.2, -0.15) is 0 Å². The molecule has 2 aromatic rings. The van der Waals surface area contributed by atoms with Crippen LogP contribution in [0.3, 0.4) is 0 Å². The highest BCUT2D eigenvalue weighted by molar-refractivity contribution is 5.82. The number of amides is 1. The highest BCUT2D eigenvalue weighted by Gasteiger charge is 2.62. The summed E-state index contributed by atoms with van der Waals surface area (Å²) in [6.07, 6.45) is 2.59. The Morgan fingerprint density at radius 3 is 3.04 bits per heavy atom. The van der Waals surface area contributed by atoms with E-state index in [1.165, 1.54) is 16.5 Å². The minimum atomic E-state index is -0.00961. The molecule has 4 atom stereocenters. The molecule has 3 aliphatic rings. The van der Waals surface area contributed by atoms with Gasteiger partial charge in [-0.15, -0.1) is 0 Å². The molecule has 0 radical (unpaired) electrons. The lowest BCUT2D eigenvalue weighted by atomic mass is 9.73. The highest BCUT2D eigenvalue weighted by Crippen LogP contribution is 2.54. The van der Waals surface area contributed by atoms with Gasteiger partial charge in [0, 0.05) is 43.8 Å². The fourth-order valence-corrected chi connectivity index (χ4v) is 5.68. The van der Waals surface area contributed by atoms with Crippen LogP contribution in [0.1, 0.15) is 36.7 Å². The second kappa shape index (κ2) is 6.08. The molecular weight excluding hydrogens is 340 g/mol. The van der Waals surface area contributed by atoms with E-state index in [0.717, 1.165) is 50.4 Å². The van der Waals surface area contributed by atoms with Crippen molar-refractivity contribution in [3.63, 3.8) is 0 Å². The first-order valence-electron chi connectivity index (χ1n) is 10.1. The second-order valence-corrected chi connectivity index (χ2v) is 8.79. The lowest BCUT2D eigenvalue weighted by Gasteiger charge is -2.29.